The molecule has 0 aromatic heterocycles. The summed E-state index contributed by atoms with van der Waals surface area (Å²) in [6, 6.07) is 14.7. The summed E-state index contributed by atoms with van der Waals surface area (Å²) in [5.41, 5.74) is 1.09. The Morgan fingerprint density at radius 1 is 1.12 bits per heavy atom. The van der Waals surface area contributed by atoms with Crippen LogP contribution in [-0.4, -0.2) is 46.5 Å². The molecule has 0 aliphatic heterocycles. The number of carbonyl (C=O) groups excluding carboxylic acids is 1. The fourth-order valence-electron chi connectivity index (χ4n) is 7.10. The molecule has 0 spiro atoms. The third-order valence-corrected chi connectivity index (χ3v) is 10.1. The molecular formula is C32H40ClN3O4. The van der Waals surface area contributed by atoms with Crippen LogP contribution >= 0.6 is 11.6 Å². The molecule has 4 N–H and O–H groups in total. The summed E-state index contributed by atoms with van der Waals surface area (Å²) >= 11 is 6.11. The third-order valence-electron chi connectivity index (χ3n) is 9.76. The van der Waals surface area contributed by atoms with Crippen LogP contribution in [0, 0.1) is 28.6 Å². The molecular weight excluding hydrogens is 526 g/mol. The minimum absolute atomic E-state index is 0.0572. The quantitative estimate of drug-likeness (QED) is 0.291. The van der Waals surface area contributed by atoms with Crippen LogP contribution in [0.3, 0.4) is 0 Å². The molecule has 7 nitrogen and oxygen atoms in total. The molecule has 8 heteroatoms. The second kappa shape index (κ2) is 11.6. The molecule has 0 unspecified atom stereocenters. The van der Waals surface area contributed by atoms with Crippen LogP contribution in [0.25, 0.3) is 0 Å². The fourth-order valence-corrected chi connectivity index (χ4v) is 7.31. The lowest BCUT2D eigenvalue weighted by molar-refractivity contribution is -0.256. The van der Waals surface area contributed by atoms with Crippen LogP contribution in [0.5, 0.6) is 5.75 Å². The molecule has 0 saturated heterocycles. The van der Waals surface area contributed by atoms with Gasteiger partial charge in [0.25, 0.3) is 5.91 Å². The Bertz CT molecular complexity index is 1250. The highest BCUT2D eigenvalue weighted by Crippen LogP contribution is 2.63. The molecule has 0 radical (unpaired) electrons. The van der Waals surface area contributed by atoms with Crippen LogP contribution in [0.4, 0.5) is 5.69 Å². The number of nitrogens with one attached hydrogen (secondary N) is 2. The van der Waals surface area contributed by atoms with E-state index in [-0.39, 0.29) is 29.4 Å². The van der Waals surface area contributed by atoms with Crippen molar-refractivity contribution in [2.45, 2.75) is 89.1 Å². The zero-order chi connectivity index (χ0) is 28.5. The lowest BCUT2D eigenvalue weighted by Gasteiger charge is -2.65. The van der Waals surface area contributed by atoms with Crippen LogP contribution in [0.15, 0.2) is 42.5 Å². The van der Waals surface area contributed by atoms with Gasteiger partial charge in [-0.2, -0.15) is 5.26 Å². The number of ether oxygens (including phenoxy) is 1. The van der Waals surface area contributed by atoms with E-state index in [9.17, 15) is 15.0 Å². The average molecular weight is 566 g/mol. The summed E-state index contributed by atoms with van der Waals surface area (Å²) in [6.07, 6.45) is 5.80. The molecule has 2 bridgehead atoms. The minimum Gasteiger partial charge on any atom is -0.490 e. The summed E-state index contributed by atoms with van der Waals surface area (Å²) in [5.74, 6) is 1.26. The van der Waals surface area contributed by atoms with Crippen molar-refractivity contribution in [3.8, 4) is 11.8 Å². The van der Waals surface area contributed by atoms with E-state index in [4.69, 9.17) is 21.6 Å². The number of anilines is 1. The molecule has 6 rings (SSSR count). The van der Waals surface area contributed by atoms with E-state index in [0.717, 1.165) is 44.2 Å². The van der Waals surface area contributed by atoms with Crippen LogP contribution in [0.1, 0.15) is 81.1 Å². The molecule has 2 aromatic rings. The van der Waals surface area contributed by atoms with E-state index in [0.29, 0.717) is 47.2 Å². The predicted molar refractivity (Wildman–Crippen MR) is 155 cm³/mol. The smallest absolute Gasteiger partial charge is 0.251 e. The SMILES string of the molecule is CC1(C)[C@@H]2C[C@H]1[C@](O)(CCCNc1ccc(C(=O)N[C@H]3CC[C@H](Oc4ccc(C#N)c(Cl)c4)CC3)cc1)[C@@H](O)C2. The number of aliphatic hydroxyl groups excluding tert-OH is 1. The minimum atomic E-state index is -0.996. The molecule has 0 heterocycles. The molecule has 4 aliphatic rings. The van der Waals surface area contributed by atoms with Gasteiger partial charge >= 0.3 is 0 Å². The van der Waals surface area contributed by atoms with E-state index in [2.05, 4.69) is 24.5 Å². The molecule has 214 valence electrons. The third kappa shape index (κ3) is 5.81. The second-order valence-corrected chi connectivity index (χ2v) is 12.9. The Morgan fingerprint density at radius 3 is 2.50 bits per heavy atom. The number of amides is 1. The Balaban J connectivity index is 1.03. The molecule has 4 atom stereocenters. The van der Waals surface area contributed by atoms with Crippen molar-refractivity contribution in [1.82, 2.24) is 5.32 Å². The van der Waals surface area contributed by atoms with Crippen molar-refractivity contribution in [2.24, 2.45) is 17.3 Å². The number of hydrogen-bond donors (Lipinski definition) is 4. The monoisotopic (exact) mass is 565 g/mol. The number of rotatable bonds is 9. The molecule has 1 amide bonds. The van der Waals surface area contributed by atoms with Crippen LogP contribution < -0.4 is 15.4 Å². The number of halogens is 1. The number of aliphatic hydroxyl groups is 2. The molecule has 40 heavy (non-hydrogen) atoms. The highest BCUT2D eigenvalue weighted by molar-refractivity contribution is 6.31. The molecule has 4 fully saturated rings. The van der Waals surface area contributed by atoms with E-state index >= 15 is 0 Å². The van der Waals surface area contributed by atoms with E-state index in [1.165, 1.54) is 0 Å². The molecule has 4 aliphatic carbocycles. The van der Waals surface area contributed by atoms with Gasteiger partial charge in [0.05, 0.1) is 28.4 Å². The predicted octanol–water partition coefficient (Wildman–Crippen LogP) is 5.68. The van der Waals surface area contributed by atoms with Gasteiger partial charge in [0.1, 0.15) is 11.8 Å². The van der Waals surface area contributed by atoms with Gasteiger partial charge < -0.3 is 25.6 Å². The Morgan fingerprint density at radius 2 is 1.85 bits per heavy atom. The van der Waals surface area contributed by atoms with Gasteiger partial charge in [0.15, 0.2) is 0 Å². The lowest BCUT2D eigenvalue weighted by Crippen LogP contribution is -2.67. The first-order valence-electron chi connectivity index (χ1n) is 14.5. The Hall–Kier alpha value is -2.79. The number of carbonyl (C=O) groups is 1. The summed E-state index contributed by atoms with van der Waals surface area (Å²) in [7, 11) is 0. The molecule has 4 saturated carbocycles. The Kier molecular flexibility index (Phi) is 8.33. The van der Waals surface area contributed by atoms with Crippen molar-refractivity contribution in [3.63, 3.8) is 0 Å². The second-order valence-electron chi connectivity index (χ2n) is 12.5. The average Bonchev–Trinajstić information content (AvgIpc) is 2.94. The van der Waals surface area contributed by atoms with E-state index in [1.54, 1.807) is 18.2 Å². The summed E-state index contributed by atoms with van der Waals surface area (Å²) in [5, 5.41) is 37.8. The maximum absolute atomic E-state index is 12.8. The number of benzene rings is 2. The summed E-state index contributed by atoms with van der Waals surface area (Å²) in [6.45, 7) is 5.12. The zero-order valence-corrected chi connectivity index (χ0v) is 24.1. The fraction of sp³-hybridized carbons (Fsp3) is 0.562. The van der Waals surface area contributed by atoms with Crippen LogP contribution in [-0.2, 0) is 0 Å². The van der Waals surface area contributed by atoms with E-state index < -0.39 is 11.7 Å². The Labute approximate surface area is 241 Å². The first kappa shape index (κ1) is 28.7. The van der Waals surface area contributed by atoms with Gasteiger partial charge in [-0.05, 0) is 105 Å². The molecule has 2 aromatic carbocycles. The maximum Gasteiger partial charge on any atom is 0.251 e. The first-order chi connectivity index (χ1) is 19.1. The van der Waals surface area contributed by atoms with Crippen molar-refractivity contribution < 1.29 is 19.7 Å². The standard InChI is InChI=1S/C32H40ClN3O4/c1-31(2)22-16-28(31)32(39,29(37)17-22)14-3-15-35-23-7-4-20(5-8-23)30(38)36-24-9-12-25(13-10-24)40-26-11-6-21(19-34)27(33)18-26/h4-8,11,18,22,24-25,28-29,35,37,39H,3,9-10,12-17H2,1-2H3,(H,36,38)/t22-,24-,25-,28-,29+,32-/m1/s1. The number of hydrogen-bond acceptors (Lipinski definition) is 6. The van der Waals surface area contributed by atoms with Crippen LogP contribution in [0.2, 0.25) is 5.02 Å². The number of nitrogens with zero attached hydrogens (tertiary/aromatic N) is 1. The number of fused-ring (bicyclic) bond motifs is 2. The highest BCUT2D eigenvalue weighted by atomic mass is 35.5. The lowest BCUT2D eigenvalue weighted by atomic mass is 9.43. The normalized spacial score (nSPS) is 30.4. The van der Waals surface area contributed by atoms with Gasteiger partial charge in [-0.3, -0.25) is 4.79 Å². The number of nitriles is 1. The first-order valence-corrected chi connectivity index (χ1v) is 14.9. The van der Waals surface area contributed by atoms with Crippen molar-refractivity contribution in [2.75, 3.05) is 11.9 Å². The summed E-state index contributed by atoms with van der Waals surface area (Å²) in [4.78, 5) is 12.8. The van der Waals surface area contributed by atoms with E-state index in [1.807, 2.05) is 30.3 Å². The van der Waals surface area contributed by atoms with Crippen molar-refractivity contribution >= 4 is 23.2 Å². The largest absolute Gasteiger partial charge is 0.490 e. The van der Waals surface area contributed by atoms with Crippen molar-refractivity contribution in [3.05, 3.63) is 58.6 Å². The summed E-state index contributed by atoms with van der Waals surface area (Å²) < 4.78 is 6.05. The van der Waals surface area contributed by atoms with Gasteiger partial charge in [-0.1, -0.05) is 25.4 Å². The maximum atomic E-state index is 12.8. The van der Waals surface area contributed by atoms with Gasteiger partial charge in [0.2, 0.25) is 0 Å². The van der Waals surface area contributed by atoms with Gasteiger partial charge in [-0.15, -0.1) is 0 Å². The van der Waals surface area contributed by atoms with Gasteiger partial charge in [0, 0.05) is 29.9 Å². The highest BCUT2D eigenvalue weighted by Gasteiger charge is 2.64. The van der Waals surface area contributed by atoms with Gasteiger partial charge in [-0.25, -0.2) is 0 Å². The topological polar surface area (TPSA) is 115 Å². The van der Waals surface area contributed by atoms with Crippen molar-refractivity contribution in [1.29, 1.82) is 5.26 Å². The zero-order valence-electron chi connectivity index (χ0n) is 23.3.